The van der Waals surface area contributed by atoms with Crippen LogP contribution in [0.25, 0.3) is 0 Å². The third-order valence-electron chi connectivity index (χ3n) is 9.07. The summed E-state index contributed by atoms with van der Waals surface area (Å²) in [4.78, 5) is 45.6. The standard InChI is InChI=1S/C31H40N4O5/c1-4-30-17-18-31(40-30)25(24(30)27(37)32-21-11-8-7-9-12-21)29(39)35(19-10-20-36)26(31)28(38)33-22-13-15-23(16-14-22)34(5-2)6-3/h7-9,11-16,24-26,36H,4-6,10,17-20H2,1-3H3,(H,32,37)(H,33,38)/t24-,25-,26?,30+,31?/m0/s1. The minimum Gasteiger partial charge on any atom is -0.396 e. The van der Waals surface area contributed by atoms with Crippen LogP contribution in [-0.4, -0.2) is 71.2 Å². The van der Waals surface area contributed by atoms with E-state index in [9.17, 15) is 19.5 Å². The van der Waals surface area contributed by atoms with Crippen molar-refractivity contribution < 1.29 is 24.2 Å². The lowest BCUT2D eigenvalue weighted by atomic mass is 9.65. The number of hydrogen-bond donors (Lipinski definition) is 3. The molecule has 3 heterocycles. The predicted molar refractivity (Wildman–Crippen MR) is 154 cm³/mol. The van der Waals surface area contributed by atoms with E-state index in [1.807, 2.05) is 61.5 Å². The maximum absolute atomic E-state index is 14.1. The third kappa shape index (κ3) is 4.55. The van der Waals surface area contributed by atoms with Crippen LogP contribution < -0.4 is 15.5 Å². The molecule has 2 aromatic carbocycles. The second-order valence-electron chi connectivity index (χ2n) is 11.0. The largest absolute Gasteiger partial charge is 0.396 e. The van der Waals surface area contributed by atoms with Crippen molar-refractivity contribution in [2.24, 2.45) is 11.8 Å². The number of nitrogens with one attached hydrogen (secondary N) is 2. The van der Waals surface area contributed by atoms with Crippen LogP contribution in [0.3, 0.4) is 0 Å². The number of likely N-dealkylation sites (tertiary alicyclic amines) is 1. The molecule has 3 amide bonds. The molecule has 5 rings (SSSR count). The Balaban J connectivity index is 1.46. The van der Waals surface area contributed by atoms with Crippen molar-refractivity contribution >= 4 is 34.8 Å². The molecule has 3 N–H and O–H groups in total. The van der Waals surface area contributed by atoms with Crippen LogP contribution in [0, 0.1) is 11.8 Å². The highest BCUT2D eigenvalue weighted by atomic mass is 16.5. The number of fused-ring (bicyclic) bond motifs is 1. The number of aliphatic hydroxyl groups is 1. The van der Waals surface area contributed by atoms with E-state index in [2.05, 4.69) is 29.4 Å². The number of ether oxygens (including phenoxy) is 1. The summed E-state index contributed by atoms with van der Waals surface area (Å²) < 4.78 is 6.77. The van der Waals surface area contributed by atoms with Gasteiger partial charge in [-0.2, -0.15) is 0 Å². The van der Waals surface area contributed by atoms with Crippen molar-refractivity contribution in [3.05, 3.63) is 54.6 Å². The van der Waals surface area contributed by atoms with Gasteiger partial charge in [0.15, 0.2) is 0 Å². The summed E-state index contributed by atoms with van der Waals surface area (Å²) in [6.45, 7) is 8.03. The van der Waals surface area contributed by atoms with Crippen molar-refractivity contribution in [1.29, 1.82) is 0 Å². The molecular weight excluding hydrogens is 508 g/mol. The van der Waals surface area contributed by atoms with Gasteiger partial charge in [0.1, 0.15) is 11.6 Å². The molecular formula is C31H40N4O5. The summed E-state index contributed by atoms with van der Waals surface area (Å²) in [5.74, 6) is -2.34. The highest BCUT2D eigenvalue weighted by molar-refractivity contribution is 6.05. The van der Waals surface area contributed by atoms with Gasteiger partial charge < -0.3 is 30.3 Å². The zero-order valence-electron chi connectivity index (χ0n) is 23.6. The second-order valence-corrected chi connectivity index (χ2v) is 11.0. The number of hydrogen-bond acceptors (Lipinski definition) is 6. The van der Waals surface area contributed by atoms with Crippen molar-refractivity contribution in [2.75, 3.05) is 41.8 Å². The summed E-state index contributed by atoms with van der Waals surface area (Å²) >= 11 is 0. The Morgan fingerprint density at radius 1 is 0.975 bits per heavy atom. The van der Waals surface area contributed by atoms with Gasteiger partial charge in [0, 0.05) is 43.3 Å². The summed E-state index contributed by atoms with van der Waals surface area (Å²) in [6.07, 6.45) is 2.00. The van der Waals surface area contributed by atoms with Gasteiger partial charge in [0.2, 0.25) is 17.7 Å². The number of rotatable bonds is 11. The van der Waals surface area contributed by atoms with Crippen molar-refractivity contribution in [3.8, 4) is 0 Å². The molecule has 0 saturated carbocycles. The monoisotopic (exact) mass is 548 g/mol. The van der Waals surface area contributed by atoms with Gasteiger partial charge >= 0.3 is 0 Å². The van der Waals surface area contributed by atoms with E-state index in [0.717, 1.165) is 18.8 Å². The molecule has 214 valence electrons. The Morgan fingerprint density at radius 2 is 1.62 bits per heavy atom. The van der Waals surface area contributed by atoms with Gasteiger partial charge in [0.25, 0.3) is 0 Å². The number of amides is 3. The molecule has 3 aliphatic rings. The zero-order chi connectivity index (χ0) is 28.5. The molecule has 1 spiro atoms. The quantitative estimate of drug-likeness (QED) is 0.395. The predicted octanol–water partition coefficient (Wildman–Crippen LogP) is 3.65. The number of aliphatic hydroxyl groups excluding tert-OH is 1. The fourth-order valence-electron chi connectivity index (χ4n) is 7.19. The Kier molecular flexibility index (Phi) is 7.88. The summed E-state index contributed by atoms with van der Waals surface area (Å²) in [5, 5.41) is 15.6. The van der Waals surface area contributed by atoms with Crippen LogP contribution in [0.5, 0.6) is 0 Å². The van der Waals surface area contributed by atoms with Crippen molar-refractivity contribution in [1.82, 2.24) is 4.90 Å². The zero-order valence-corrected chi connectivity index (χ0v) is 23.6. The van der Waals surface area contributed by atoms with Crippen LogP contribution in [0.1, 0.15) is 46.5 Å². The third-order valence-corrected chi connectivity index (χ3v) is 9.07. The van der Waals surface area contributed by atoms with Crippen LogP contribution in [-0.2, 0) is 19.1 Å². The van der Waals surface area contributed by atoms with Gasteiger partial charge in [-0.25, -0.2) is 0 Å². The number of benzene rings is 2. The van der Waals surface area contributed by atoms with Crippen LogP contribution in [0.15, 0.2) is 54.6 Å². The van der Waals surface area contributed by atoms with Crippen LogP contribution >= 0.6 is 0 Å². The number of carbonyl (C=O) groups excluding carboxylic acids is 3. The van der Waals surface area contributed by atoms with E-state index >= 15 is 0 Å². The molecule has 9 heteroatoms. The Hall–Kier alpha value is -3.43. The van der Waals surface area contributed by atoms with Crippen molar-refractivity contribution in [3.63, 3.8) is 0 Å². The van der Waals surface area contributed by atoms with Gasteiger partial charge in [-0.1, -0.05) is 25.1 Å². The lowest BCUT2D eigenvalue weighted by Crippen LogP contribution is -2.53. The molecule has 5 atom stereocenters. The van der Waals surface area contributed by atoms with Crippen LogP contribution in [0.2, 0.25) is 0 Å². The van der Waals surface area contributed by atoms with Crippen molar-refractivity contribution in [2.45, 2.75) is 63.7 Å². The van der Waals surface area contributed by atoms with E-state index in [4.69, 9.17) is 4.74 Å². The lowest BCUT2D eigenvalue weighted by Gasteiger charge is -2.34. The summed E-state index contributed by atoms with van der Waals surface area (Å²) in [7, 11) is 0. The van der Waals surface area contributed by atoms with E-state index in [1.165, 1.54) is 4.90 Å². The number of carbonyl (C=O) groups is 3. The molecule has 2 aromatic rings. The fourth-order valence-corrected chi connectivity index (χ4v) is 7.19. The SMILES string of the molecule is CCN(CC)c1ccc(NC(=O)C2N(CCCO)C(=O)[C@@H]3[C@@H](C(=O)Nc4ccccc4)[C@@]4(CC)CCC23O4)cc1. The molecule has 0 aliphatic carbocycles. The molecule has 2 unspecified atom stereocenters. The average Bonchev–Trinajstić information content (AvgIpc) is 3.57. The van der Waals surface area contributed by atoms with Gasteiger partial charge in [0.05, 0.1) is 17.4 Å². The smallest absolute Gasteiger partial charge is 0.250 e. The van der Waals surface area contributed by atoms with Crippen LogP contribution in [0.4, 0.5) is 17.1 Å². The molecule has 9 nitrogen and oxygen atoms in total. The minimum absolute atomic E-state index is 0.111. The average molecular weight is 549 g/mol. The maximum Gasteiger partial charge on any atom is 0.250 e. The molecule has 40 heavy (non-hydrogen) atoms. The molecule has 3 aliphatic heterocycles. The lowest BCUT2D eigenvalue weighted by molar-refractivity contribution is -0.144. The molecule has 3 saturated heterocycles. The maximum atomic E-state index is 14.1. The number of para-hydroxylation sites is 1. The van der Waals surface area contributed by atoms with Gasteiger partial charge in [-0.3, -0.25) is 14.4 Å². The highest BCUT2D eigenvalue weighted by Crippen LogP contribution is 2.64. The first-order valence-electron chi connectivity index (χ1n) is 14.5. The van der Waals surface area contributed by atoms with Gasteiger partial charge in [-0.15, -0.1) is 0 Å². The summed E-state index contributed by atoms with van der Waals surface area (Å²) in [5.41, 5.74) is 0.433. The molecule has 3 fully saturated rings. The molecule has 0 radical (unpaired) electrons. The molecule has 2 bridgehead atoms. The number of nitrogens with zero attached hydrogens (tertiary/aromatic N) is 2. The highest BCUT2D eigenvalue weighted by Gasteiger charge is 2.78. The normalized spacial score (nSPS) is 28.4. The first kappa shape index (κ1) is 28.1. The first-order valence-corrected chi connectivity index (χ1v) is 14.5. The Bertz CT molecular complexity index is 1230. The van der Waals surface area contributed by atoms with E-state index in [-0.39, 0.29) is 30.9 Å². The van der Waals surface area contributed by atoms with E-state index in [0.29, 0.717) is 37.1 Å². The topological polar surface area (TPSA) is 111 Å². The van der Waals surface area contributed by atoms with Gasteiger partial charge in [-0.05, 0) is 75.9 Å². The number of anilines is 3. The summed E-state index contributed by atoms with van der Waals surface area (Å²) in [6, 6.07) is 16.0. The first-order chi connectivity index (χ1) is 19.3. The second kappa shape index (κ2) is 11.2. The van der Waals surface area contributed by atoms with E-state index in [1.54, 1.807) is 0 Å². The Labute approximate surface area is 235 Å². The Morgan fingerprint density at radius 3 is 2.25 bits per heavy atom. The molecule has 0 aromatic heterocycles. The van der Waals surface area contributed by atoms with E-state index < -0.39 is 29.1 Å². The minimum atomic E-state index is -1.10. The fraction of sp³-hybridized carbons (Fsp3) is 0.516.